The molecule has 20 heavy (non-hydrogen) atoms. The molecule has 2 saturated carbocycles. The molecule has 0 bridgehead atoms. The van der Waals surface area contributed by atoms with Crippen LogP contribution in [0.3, 0.4) is 0 Å². The lowest BCUT2D eigenvalue weighted by molar-refractivity contribution is -0.0628. The number of nitrogens with one attached hydrogen (secondary N) is 1. The van der Waals surface area contributed by atoms with Crippen molar-refractivity contribution in [2.24, 2.45) is 5.41 Å². The summed E-state index contributed by atoms with van der Waals surface area (Å²) >= 11 is 0. The summed E-state index contributed by atoms with van der Waals surface area (Å²) in [6, 6.07) is 0. The zero-order valence-corrected chi connectivity index (χ0v) is 13.4. The van der Waals surface area contributed by atoms with E-state index >= 15 is 0 Å². The number of hydrogen-bond donors (Lipinski definition) is 1. The Morgan fingerprint density at radius 3 is 2.25 bits per heavy atom. The van der Waals surface area contributed by atoms with Crippen molar-refractivity contribution in [1.82, 2.24) is 5.32 Å². The van der Waals surface area contributed by atoms with E-state index in [1.165, 1.54) is 83.6 Å². The van der Waals surface area contributed by atoms with Crippen molar-refractivity contribution in [2.75, 3.05) is 13.1 Å². The van der Waals surface area contributed by atoms with Crippen molar-refractivity contribution < 1.29 is 4.74 Å². The Hall–Kier alpha value is -0.0800. The monoisotopic (exact) mass is 279 g/mol. The molecule has 1 atom stereocenters. The van der Waals surface area contributed by atoms with Crippen LogP contribution in [0.25, 0.3) is 0 Å². The molecule has 2 heteroatoms. The minimum atomic E-state index is 0.291. The maximum absolute atomic E-state index is 6.45. The lowest BCUT2D eigenvalue weighted by Gasteiger charge is -2.35. The quantitative estimate of drug-likeness (QED) is 0.822. The van der Waals surface area contributed by atoms with Gasteiger partial charge < -0.3 is 10.1 Å². The van der Waals surface area contributed by atoms with Gasteiger partial charge in [0.1, 0.15) is 0 Å². The van der Waals surface area contributed by atoms with E-state index in [0.29, 0.717) is 17.1 Å². The number of hydrogen-bond acceptors (Lipinski definition) is 2. The summed E-state index contributed by atoms with van der Waals surface area (Å²) in [5.41, 5.74) is 0.846. The lowest BCUT2D eigenvalue weighted by Crippen LogP contribution is -2.39. The first-order valence-electron chi connectivity index (χ1n) is 9.08. The van der Waals surface area contributed by atoms with E-state index in [1.54, 1.807) is 0 Å². The van der Waals surface area contributed by atoms with Crippen LogP contribution < -0.4 is 5.32 Å². The zero-order valence-electron chi connectivity index (χ0n) is 13.4. The fourth-order valence-corrected chi connectivity index (χ4v) is 4.72. The average Bonchev–Trinajstić information content (AvgIpc) is 2.83. The molecule has 3 aliphatic rings. The van der Waals surface area contributed by atoms with Crippen LogP contribution in [0.5, 0.6) is 0 Å². The highest BCUT2D eigenvalue weighted by atomic mass is 16.5. The third-order valence-electron chi connectivity index (χ3n) is 6.09. The van der Waals surface area contributed by atoms with Crippen LogP contribution >= 0.6 is 0 Å². The van der Waals surface area contributed by atoms with E-state index in [2.05, 4.69) is 12.2 Å². The molecular formula is C18H33NO. The fourth-order valence-electron chi connectivity index (χ4n) is 4.72. The molecule has 2 nitrogen and oxygen atoms in total. The van der Waals surface area contributed by atoms with Gasteiger partial charge in [0.25, 0.3) is 0 Å². The molecule has 3 rings (SSSR count). The van der Waals surface area contributed by atoms with E-state index in [9.17, 15) is 0 Å². The van der Waals surface area contributed by atoms with Gasteiger partial charge in [0.2, 0.25) is 0 Å². The van der Waals surface area contributed by atoms with Gasteiger partial charge in [0.05, 0.1) is 11.7 Å². The molecule has 116 valence electrons. The molecule has 0 radical (unpaired) electrons. The topological polar surface area (TPSA) is 21.3 Å². The van der Waals surface area contributed by atoms with Gasteiger partial charge in [-0.15, -0.1) is 0 Å². The Morgan fingerprint density at radius 1 is 0.900 bits per heavy atom. The number of rotatable bonds is 4. The molecule has 1 spiro atoms. The molecule has 0 aromatic carbocycles. The Morgan fingerprint density at radius 2 is 1.55 bits per heavy atom. The molecule has 0 aromatic heterocycles. The Kier molecular flexibility index (Phi) is 4.72. The van der Waals surface area contributed by atoms with Crippen LogP contribution in [-0.2, 0) is 4.74 Å². The molecular weight excluding hydrogens is 246 g/mol. The molecule has 1 saturated heterocycles. The largest absolute Gasteiger partial charge is 0.370 e. The summed E-state index contributed by atoms with van der Waals surface area (Å²) in [4.78, 5) is 0. The van der Waals surface area contributed by atoms with Crippen molar-refractivity contribution >= 4 is 0 Å². The predicted octanol–water partition coefficient (Wildman–Crippen LogP) is 4.43. The van der Waals surface area contributed by atoms with Gasteiger partial charge >= 0.3 is 0 Å². The van der Waals surface area contributed by atoms with Gasteiger partial charge in [0.15, 0.2) is 0 Å². The van der Waals surface area contributed by atoms with Crippen molar-refractivity contribution in [3.63, 3.8) is 0 Å². The summed E-state index contributed by atoms with van der Waals surface area (Å²) in [5, 5.41) is 3.73. The van der Waals surface area contributed by atoms with Crippen LogP contribution in [0.1, 0.15) is 84.0 Å². The van der Waals surface area contributed by atoms with Crippen molar-refractivity contribution in [1.29, 1.82) is 0 Å². The molecule has 0 amide bonds. The Balaban J connectivity index is 1.39. The minimum Gasteiger partial charge on any atom is -0.370 e. The highest BCUT2D eigenvalue weighted by Gasteiger charge is 2.40. The highest BCUT2D eigenvalue weighted by molar-refractivity contribution is 4.92. The summed E-state index contributed by atoms with van der Waals surface area (Å²) in [5.74, 6) is 0. The maximum Gasteiger partial charge on any atom is 0.0708 e. The van der Waals surface area contributed by atoms with Crippen molar-refractivity contribution in [2.45, 2.75) is 95.7 Å². The molecule has 1 N–H and O–H groups in total. The van der Waals surface area contributed by atoms with Gasteiger partial charge in [-0.2, -0.15) is 0 Å². The molecule has 1 unspecified atom stereocenters. The number of ether oxygens (including phenoxy) is 1. The normalized spacial score (nSPS) is 32.5. The summed E-state index contributed by atoms with van der Waals surface area (Å²) in [6.45, 7) is 4.74. The second-order valence-electron chi connectivity index (χ2n) is 8.02. The highest BCUT2D eigenvalue weighted by Crippen LogP contribution is 2.42. The predicted molar refractivity (Wildman–Crippen MR) is 84.0 cm³/mol. The van der Waals surface area contributed by atoms with Crippen LogP contribution in [0, 0.1) is 5.41 Å². The Labute approximate surface area is 125 Å². The fraction of sp³-hybridized carbons (Fsp3) is 1.00. The van der Waals surface area contributed by atoms with E-state index in [1.807, 2.05) is 0 Å². The van der Waals surface area contributed by atoms with E-state index in [4.69, 9.17) is 4.74 Å². The molecule has 3 fully saturated rings. The van der Waals surface area contributed by atoms with Crippen molar-refractivity contribution in [3.05, 3.63) is 0 Å². The van der Waals surface area contributed by atoms with Crippen LogP contribution in [-0.4, -0.2) is 24.8 Å². The molecule has 2 aliphatic carbocycles. The standard InChI is InChI=1S/C18H33NO/c1-17(9-4-2-5-10-17)15-19-14-16-8-13-18(20-16)11-6-3-7-12-18/h16,19H,2-15H2,1H3. The molecule has 1 aliphatic heterocycles. The van der Waals surface area contributed by atoms with Crippen LogP contribution in [0.4, 0.5) is 0 Å². The SMILES string of the molecule is CC1(CNCC2CCC3(CCCCC3)O2)CCCCC1. The van der Waals surface area contributed by atoms with E-state index in [-0.39, 0.29) is 0 Å². The third kappa shape index (κ3) is 3.57. The second-order valence-corrected chi connectivity index (χ2v) is 8.02. The van der Waals surface area contributed by atoms with E-state index in [0.717, 1.165) is 6.54 Å². The first-order valence-corrected chi connectivity index (χ1v) is 9.08. The smallest absolute Gasteiger partial charge is 0.0708 e. The van der Waals surface area contributed by atoms with Crippen LogP contribution in [0.15, 0.2) is 0 Å². The average molecular weight is 279 g/mol. The first-order chi connectivity index (χ1) is 9.70. The maximum atomic E-state index is 6.45. The minimum absolute atomic E-state index is 0.291. The Bertz CT molecular complexity index is 303. The van der Waals surface area contributed by atoms with Gasteiger partial charge in [-0.25, -0.2) is 0 Å². The molecule has 1 heterocycles. The van der Waals surface area contributed by atoms with Crippen LogP contribution in [0.2, 0.25) is 0 Å². The second kappa shape index (κ2) is 6.36. The van der Waals surface area contributed by atoms with Gasteiger partial charge in [0, 0.05) is 13.1 Å². The van der Waals surface area contributed by atoms with Gasteiger partial charge in [-0.3, -0.25) is 0 Å². The van der Waals surface area contributed by atoms with E-state index < -0.39 is 0 Å². The van der Waals surface area contributed by atoms with Gasteiger partial charge in [-0.1, -0.05) is 45.4 Å². The first kappa shape index (κ1) is 14.8. The summed E-state index contributed by atoms with van der Waals surface area (Å²) < 4.78 is 6.45. The third-order valence-corrected chi connectivity index (χ3v) is 6.09. The zero-order chi connectivity index (χ0) is 13.9. The summed E-state index contributed by atoms with van der Waals surface area (Å²) in [7, 11) is 0. The van der Waals surface area contributed by atoms with Crippen molar-refractivity contribution in [3.8, 4) is 0 Å². The molecule has 0 aromatic rings. The van der Waals surface area contributed by atoms with Gasteiger partial charge in [-0.05, 0) is 43.9 Å². The lowest BCUT2D eigenvalue weighted by atomic mass is 9.76. The summed E-state index contributed by atoms with van der Waals surface area (Å²) in [6.07, 6.45) is 17.1.